The predicted molar refractivity (Wildman–Crippen MR) is 121 cm³/mol. The van der Waals surface area contributed by atoms with Gasteiger partial charge in [-0.05, 0) is 55.8 Å². The van der Waals surface area contributed by atoms with Crippen LogP contribution in [-0.2, 0) is 21.8 Å². The molecular weight excluding hydrogens is 435 g/mol. The Labute approximate surface area is 189 Å². The minimum atomic E-state index is -0.951. The molecule has 162 valence electrons. The molecule has 0 aliphatic carbocycles. The second-order valence-corrected chi connectivity index (χ2v) is 9.15. The largest absolute Gasteiger partial charge is 0.449 e. The van der Waals surface area contributed by atoms with Crippen molar-refractivity contribution < 1.29 is 18.7 Å². The summed E-state index contributed by atoms with van der Waals surface area (Å²) in [6, 6.07) is 13.1. The molecule has 0 aliphatic rings. The molecule has 1 amide bonds. The molecule has 2 aromatic carbocycles. The molecule has 3 rings (SSSR count). The van der Waals surface area contributed by atoms with Gasteiger partial charge in [0.05, 0.1) is 16.3 Å². The first-order valence-corrected chi connectivity index (χ1v) is 11.5. The van der Waals surface area contributed by atoms with E-state index in [0.29, 0.717) is 11.1 Å². The van der Waals surface area contributed by atoms with Crippen molar-refractivity contribution >= 4 is 35.0 Å². The Kier molecular flexibility index (Phi) is 7.81. The Morgan fingerprint density at radius 2 is 1.97 bits per heavy atom. The Bertz CT molecular complexity index is 1050. The summed E-state index contributed by atoms with van der Waals surface area (Å²) in [5, 5.41) is 3.08. The van der Waals surface area contributed by atoms with E-state index in [9.17, 15) is 14.0 Å². The van der Waals surface area contributed by atoms with Gasteiger partial charge in [-0.15, -0.1) is 23.1 Å². The normalized spacial score (nSPS) is 11.7. The van der Waals surface area contributed by atoms with Gasteiger partial charge in [-0.3, -0.25) is 4.79 Å². The first kappa shape index (κ1) is 23.0. The Morgan fingerprint density at radius 3 is 2.61 bits per heavy atom. The highest BCUT2D eigenvalue weighted by atomic mass is 32.2. The number of nitrogens with zero attached hydrogens (tertiary/aromatic N) is 2. The van der Waals surface area contributed by atoms with E-state index in [-0.39, 0.29) is 18.3 Å². The lowest BCUT2D eigenvalue weighted by atomic mass is 10.2. The lowest BCUT2D eigenvalue weighted by molar-refractivity contribution is -0.139. The highest BCUT2D eigenvalue weighted by Gasteiger charge is 2.22. The standard InChI is InChI=1S/C23H23FN2O3S2/c1-15(22(27)26(3)12-17-5-4-6-19(24)11-17)29-23(28)18-7-9-21(10-8-18)31-14-20-13-30-16(2)25-20/h4-11,13,15H,12,14H2,1-3H3. The summed E-state index contributed by atoms with van der Waals surface area (Å²) in [5.74, 6) is -0.520. The molecule has 1 heterocycles. The van der Waals surface area contributed by atoms with Crippen LogP contribution in [0, 0.1) is 12.7 Å². The van der Waals surface area contributed by atoms with Crippen LogP contribution >= 0.6 is 23.1 Å². The molecule has 1 unspecified atom stereocenters. The Balaban J connectivity index is 1.51. The lowest BCUT2D eigenvalue weighted by Crippen LogP contribution is -2.37. The minimum Gasteiger partial charge on any atom is -0.449 e. The number of esters is 1. The molecule has 1 aromatic heterocycles. The van der Waals surface area contributed by atoms with Crippen LogP contribution in [0.1, 0.15) is 33.5 Å². The van der Waals surface area contributed by atoms with Crippen molar-refractivity contribution in [2.75, 3.05) is 7.05 Å². The third-order valence-corrected chi connectivity index (χ3v) is 6.33. The molecular formula is C23H23FN2O3S2. The average Bonchev–Trinajstić information content (AvgIpc) is 3.17. The number of thioether (sulfide) groups is 1. The topological polar surface area (TPSA) is 59.5 Å². The van der Waals surface area contributed by atoms with E-state index in [4.69, 9.17) is 4.74 Å². The van der Waals surface area contributed by atoms with Crippen molar-refractivity contribution in [3.63, 3.8) is 0 Å². The highest BCUT2D eigenvalue weighted by Crippen LogP contribution is 2.24. The van der Waals surface area contributed by atoms with Gasteiger partial charge >= 0.3 is 5.97 Å². The number of aryl methyl sites for hydroxylation is 1. The zero-order valence-corrected chi connectivity index (χ0v) is 19.1. The van der Waals surface area contributed by atoms with Crippen molar-refractivity contribution in [1.29, 1.82) is 0 Å². The number of benzene rings is 2. The maximum atomic E-state index is 13.3. The fourth-order valence-corrected chi connectivity index (χ4v) is 4.40. The maximum absolute atomic E-state index is 13.3. The summed E-state index contributed by atoms with van der Waals surface area (Å²) in [5.41, 5.74) is 2.07. The second-order valence-electron chi connectivity index (χ2n) is 7.04. The van der Waals surface area contributed by atoms with E-state index in [2.05, 4.69) is 4.98 Å². The van der Waals surface area contributed by atoms with E-state index >= 15 is 0 Å². The van der Waals surface area contributed by atoms with Crippen LogP contribution in [-0.4, -0.2) is 34.9 Å². The number of likely N-dealkylation sites (N-methyl/N-ethyl adjacent to an activating group) is 1. The Morgan fingerprint density at radius 1 is 1.23 bits per heavy atom. The SMILES string of the molecule is Cc1nc(CSc2ccc(C(=O)OC(C)C(=O)N(C)Cc3cccc(F)c3)cc2)cs1. The zero-order chi connectivity index (χ0) is 22.4. The number of halogens is 1. The molecule has 0 N–H and O–H groups in total. The predicted octanol–water partition coefficient (Wildman–Crippen LogP) is 5.09. The number of amides is 1. The smallest absolute Gasteiger partial charge is 0.338 e. The van der Waals surface area contributed by atoms with Crippen LogP contribution in [0.2, 0.25) is 0 Å². The molecule has 0 saturated carbocycles. The van der Waals surface area contributed by atoms with Crippen molar-refractivity contribution in [3.8, 4) is 0 Å². The van der Waals surface area contributed by atoms with Gasteiger partial charge in [-0.2, -0.15) is 0 Å². The van der Waals surface area contributed by atoms with E-state index in [1.165, 1.54) is 24.0 Å². The van der Waals surface area contributed by atoms with Gasteiger partial charge in [0.1, 0.15) is 5.82 Å². The molecule has 0 saturated heterocycles. The van der Waals surface area contributed by atoms with Crippen LogP contribution in [0.25, 0.3) is 0 Å². The maximum Gasteiger partial charge on any atom is 0.338 e. The van der Waals surface area contributed by atoms with Crippen molar-refractivity contribution in [1.82, 2.24) is 9.88 Å². The number of carbonyl (C=O) groups is 2. The third-order valence-electron chi connectivity index (χ3n) is 4.46. The second kappa shape index (κ2) is 10.5. The molecule has 0 radical (unpaired) electrons. The van der Waals surface area contributed by atoms with Crippen molar-refractivity contribution in [3.05, 3.63) is 81.6 Å². The molecule has 8 heteroatoms. The summed E-state index contributed by atoms with van der Waals surface area (Å²) >= 11 is 3.26. The number of carbonyl (C=O) groups excluding carboxylic acids is 2. The zero-order valence-electron chi connectivity index (χ0n) is 17.5. The van der Waals surface area contributed by atoms with Crippen LogP contribution in [0.3, 0.4) is 0 Å². The van der Waals surface area contributed by atoms with Crippen LogP contribution < -0.4 is 0 Å². The van der Waals surface area contributed by atoms with E-state index in [1.807, 2.05) is 24.4 Å². The number of hydrogen-bond donors (Lipinski definition) is 0. The molecule has 5 nitrogen and oxygen atoms in total. The first-order chi connectivity index (χ1) is 14.8. The fraction of sp³-hybridized carbons (Fsp3) is 0.261. The lowest BCUT2D eigenvalue weighted by Gasteiger charge is -2.21. The molecule has 3 aromatic rings. The quantitative estimate of drug-likeness (QED) is 0.348. The van der Waals surface area contributed by atoms with Gasteiger partial charge in [0, 0.05) is 29.6 Å². The molecule has 0 bridgehead atoms. The van der Waals surface area contributed by atoms with Gasteiger partial charge in [0.2, 0.25) is 0 Å². The van der Waals surface area contributed by atoms with Gasteiger partial charge in [-0.1, -0.05) is 12.1 Å². The van der Waals surface area contributed by atoms with Crippen LogP contribution in [0.5, 0.6) is 0 Å². The van der Waals surface area contributed by atoms with Gasteiger partial charge in [0.15, 0.2) is 6.10 Å². The monoisotopic (exact) mass is 458 g/mol. The van der Waals surface area contributed by atoms with Crippen LogP contribution in [0.15, 0.2) is 58.8 Å². The molecule has 1 atom stereocenters. The summed E-state index contributed by atoms with van der Waals surface area (Å²) in [7, 11) is 1.59. The number of ether oxygens (including phenoxy) is 1. The number of thiazole rings is 1. The number of hydrogen-bond acceptors (Lipinski definition) is 6. The van der Waals surface area contributed by atoms with Gasteiger partial charge in [0.25, 0.3) is 5.91 Å². The van der Waals surface area contributed by atoms with E-state index < -0.39 is 12.1 Å². The third kappa shape index (κ3) is 6.63. The molecule has 0 fully saturated rings. The highest BCUT2D eigenvalue weighted by molar-refractivity contribution is 7.98. The number of rotatable bonds is 8. The van der Waals surface area contributed by atoms with Crippen LogP contribution in [0.4, 0.5) is 4.39 Å². The van der Waals surface area contributed by atoms with Crippen molar-refractivity contribution in [2.45, 2.75) is 37.1 Å². The Hall–Kier alpha value is -2.71. The average molecular weight is 459 g/mol. The fourth-order valence-electron chi connectivity index (χ4n) is 2.90. The molecule has 31 heavy (non-hydrogen) atoms. The number of aromatic nitrogens is 1. The van der Waals surface area contributed by atoms with Gasteiger partial charge in [-0.25, -0.2) is 14.2 Å². The van der Waals surface area contributed by atoms with E-state index in [1.54, 1.807) is 54.4 Å². The first-order valence-electron chi connectivity index (χ1n) is 9.66. The van der Waals surface area contributed by atoms with E-state index in [0.717, 1.165) is 21.3 Å². The summed E-state index contributed by atoms with van der Waals surface area (Å²) in [4.78, 5) is 31.8. The summed E-state index contributed by atoms with van der Waals surface area (Å²) in [6.07, 6.45) is -0.951. The van der Waals surface area contributed by atoms with Gasteiger partial charge < -0.3 is 9.64 Å². The van der Waals surface area contributed by atoms with Crippen molar-refractivity contribution in [2.24, 2.45) is 0 Å². The summed E-state index contributed by atoms with van der Waals surface area (Å²) < 4.78 is 18.7. The minimum absolute atomic E-state index is 0.225. The summed E-state index contributed by atoms with van der Waals surface area (Å²) in [6.45, 7) is 3.73. The molecule has 0 aliphatic heterocycles. The molecule has 0 spiro atoms.